The number of sulfonamides is 1. The number of Topliss-reactive ketones (excluding diaryl/α,β-unsaturated/α-hetero) is 1. The van der Waals surface area contributed by atoms with E-state index in [1.165, 1.54) is 22.5 Å². The first-order valence-corrected chi connectivity index (χ1v) is 11.6. The summed E-state index contributed by atoms with van der Waals surface area (Å²) in [6.07, 6.45) is 1.54. The zero-order valence-electron chi connectivity index (χ0n) is 16.8. The third kappa shape index (κ3) is 4.48. The second-order valence-corrected chi connectivity index (χ2v) is 9.77. The largest absolute Gasteiger partial charge is 0.294 e. The normalized spacial score (nSPS) is 13.7. The first kappa shape index (κ1) is 21.5. The number of aromatic nitrogens is 1. The minimum Gasteiger partial charge on any atom is -0.294 e. The lowest BCUT2D eigenvalue weighted by Crippen LogP contribution is -2.35. The topological polar surface area (TPSA) is 67.3 Å². The molecule has 1 aliphatic rings. The number of fused-ring (bicyclic) bond motifs is 1. The summed E-state index contributed by atoms with van der Waals surface area (Å²) in [7, 11) is -3.84. The lowest BCUT2D eigenvalue weighted by Gasteiger charge is -2.31. The van der Waals surface area contributed by atoms with Crippen molar-refractivity contribution >= 4 is 33.1 Å². The van der Waals surface area contributed by atoms with Gasteiger partial charge in [-0.1, -0.05) is 23.7 Å². The molecular formula is C23H20ClFN2O3S. The summed E-state index contributed by atoms with van der Waals surface area (Å²) in [5, 5.41) is 0.255. The minimum absolute atomic E-state index is 0.0325. The average Bonchev–Trinajstić information content (AvgIpc) is 2.73. The number of hydrogen-bond donors (Lipinski definition) is 0. The van der Waals surface area contributed by atoms with Gasteiger partial charge in [0, 0.05) is 24.2 Å². The highest BCUT2D eigenvalue weighted by Crippen LogP contribution is 2.33. The highest BCUT2D eigenvalue weighted by Gasteiger charge is 2.29. The Kier molecular flexibility index (Phi) is 5.81. The Bertz CT molecular complexity index is 1240. The molecular weight excluding hydrogens is 439 g/mol. The van der Waals surface area contributed by atoms with Gasteiger partial charge in [-0.2, -0.15) is 0 Å². The fraction of sp³-hybridized carbons (Fsp3) is 0.217. The third-order valence-electron chi connectivity index (χ3n) is 5.24. The van der Waals surface area contributed by atoms with Crippen molar-refractivity contribution in [2.45, 2.75) is 31.1 Å². The lowest BCUT2D eigenvalue weighted by atomic mass is 9.97. The number of halogens is 2. The third-order valence-corrected chi connectivity index (χ3v) is 7.26. The molecule has 0 N–H and O–H groups in total. The summed E-state index contributed by atoms with van der Waals surface area (Å²) in [6, 6.07) is 13.5. The van der Waals surface area contributed by atoms with Crippen molar-refractivity contribution in [1.29, 1.82) is 0 Å². The van der Waals surface area contributed by atoms with Crippen LogP contribution < -0.4 is 4.31 Å². The molecule has 0 saturated heterocycles. The van der Waals surface area contributed by atoms with E-state index in [-0.39, 0.29) is 22.3 Å². The molecule has 0 bridgehead atoms. The summed E-state index contributed by atoms with van der Waals surface area (Å²) in [4.78, 5) is 16.9. The smallest absolute Gasteiger partial charge is 0.264 e. The monoisotopic (exact) mass is 458 g/mol. The molecule has 160 valence electrons. The molecule has 5 nitrogen and oxygen atoms in total. The minimum atomic E-state index is -3.84. The van der Waals surface area contributed by atoms with Crippen LogP contribution in [0.1, 0.15) is 33.6 Å². The second-order valence-electron chi connectivity index (χ2n) is 7.52. The van der Waals surface area contributed by atoms with Crippen LogP contribution in [0.15, 0.2) is 59.5 Å². The van der Waals surface area contributed by atoms with Gasteiger partial charge in [-0.05, 0) is 73.4 Å². The van der Waals surface area contributed by atoms with Crippen LogP contribution >= 0.6 is 11.6 Å². The molecule has 1 aliphatic heterocycles. The summed E-state index contributed by atoms with van der Waals surface area (Å²) >= 11 is 5.97. The van der Waals surface area contributed by atoms with Crippen LogP contribution in [-0.4, -0.2) is 25.7 Å². The molecule has 0 spiro atoms. The lowest BCUT2D eigenvalue weighted by molar-refractivity contribution is 0.0992. The van der Waals surface area contributed by atoms with Crippen molar-refractivity contribution in [2.24, 2.45) is 0 Å². The van der Waals surface area contributed by atoms with Gasteiger partial charge in [0.05, 0.1) is 10.6 Å². The zero-order chi connectivity index (χ0) is 22.2. The summed E-state index contributed by atoms with van der Waals surface area (Å²) in [6.45, 7) is 2.09. The number of rotatable bonds is 5. The maximum absolute atomic E-state index is 13.3. The standard InChI is InChI=1S/C23H20ClFN2O3S/c1-15-11-18(14-23(24)26-15)22(28)13-16-4-5-17-3-2-10-27(21(17)12-16)31(29,30)20-8-6-19(25)7-9-20/h4-9,11-12,14H,2-3,10,13H2,1H3. The Morgan fingerprint density at radius 3 is 2.58 bits per heavy atom. The van der Waals surface area contributed by atoms with Crippen LogP contribution in [0.4, 0.5) is 10.1 Å². The maximum Gasteiger partial charge on any atom is 0.264 e. The van der Waals surface area contributed by atoms with Gasteiger partial charge in [-0.15, -0.1) is 0 Å². The van der Waals surface area contributed by atoms with Gasteiger partial charge >= 0.3 is 0 Å². The van der Waals surface area contributed by atoms with Gasteiger partial charge in [0.15, 0.2) is 5.78 Å². The molecule has 0 radical (unpaired) electrons. The van der Waals surface area contributed by atoms with Gasteiger partial charge in [-0.25, -0.2) is 17.8 Å². The van der Waals surface area contributed by atoms with Gasteiger partial charge in [0.25, 0.3) is 10.0 Å². The Balaban J connectivity index is 1.66. The average molecular weight is 459 g/mol. The van der Waals surface area contributed by atoms with Gasteiger partial charge in [-0.3, -0.25) is 9.10 Å². The van der Waals surface area contributed by atoms with Crippen molar-refractivity contribution in [3.05, 3.63) is 88.0 Å². The molecule has 0 fully saturated rings. The van der Waals surface area contributed by atoms with Gasteiger partial charge in [0.2, 0.25) is 0 Å². The van der Waals surface area contributed by atoms with E-state index in [1.807, 2.05) is 12.1 Å². The van der Waals surface area contributed by atoms with Crippen molar-refractivity contribution in [3.8, 4) is 0 Å². The van der Waals surface area contributed by atoms with E-state index in [0.717, 1.165) is 24.1 Å². The SMILES string of the molecule is Cc1cc(C(=O)Cc2ccc3c(c2)N(S(=O)(=O)c2ccc(F)cc2)CCC3)cc(Cl)n1. The van der Waals surface area contributed by atoms with E-state index >= 15 is 0 Å². The number of aryl methyl sites for hydroxylation is 2. The molecule has 31 heavy (non-hydrogen) atoms. The first-order chi connectivity index (χ1) is 14.7. The fourth-order valence-corrected chi connectivity index (χ4v) is 5.54. The summed E-state index contributed by atoms with van der Waals surface area (Å²) < 4.78 is 41.0. The quantitative estimate of drug-likeness (QED) is 0.408. The number of hydrogen-bond acceptors (Lipinski definition) is 4. The van der Waals surface area contributed by atoms with Crippen molar-refractivity contribution < 1.29 is 17.6 Å². The van der Waals surface area contributed by atoms with Crippen LogP contribution in [0.2, 0.25) is 5.15 Å². The van der Waals surface area contributed by atoms with Crippen LogP contribution in [0.5, 0.6) is 0 Å². The molecule has 0 unspecified atom stereocenters. The Morgan fingerprint density at radius 2 is 1.87 bits per heavy atom. The Hall–Kier alpha value is -2.77. The molecule has 0 amide bonds. The second kappa shape index (κ2) is 8.40. The first-order valence-electron chi connectivity index (χ1n) is 9.81. The van der Waals surface area contributed by atoms with E-state index in [2.05, 4.69) is 4.98 Å². The number of benzene rings is 2. The molecule has 2 aromatic carbocycles. The Labute approximate surface area is 185 Å². The molecule has 3 aromatic rings. The van der Waals surface area contributed by atoms with E-state index in [4.69, 9.17) is 11.6 Å². The zero-order valence-corrected chi connectivity index (χ0v) is 18.4. The molecule has 4 rings (SSSR count). The molecule has 0 atom stereocenters. The molecule has 8 heteroatoms. The number of nitrogens with zero attached hydrogens (tertiary/aromatic N) is 2. The fourth-order valence-electron chi connectivity index (χ4n) is 3.76. The van der Waals surface area contributed by atoms with E-state index in [1.54, 1.807) is 19.1 Å². The Morgan fingerprint density at radius 1 is 1.13 bits per heavy atom. The maximum atomic E-state index is 13.3. The van der Waals surface area contributed by atoms with Gasteiger partial charge in [0.1, 0.15) is 11.0 Å². The number of ketones is 1. The van der Waals surface area contributed by atoms with Crippen LogP contribution in [0, 0.1) is 12.7 Å². The number of carbonyl (C=O) groups is 1. The predicted octanol–water partition coefficient (Wildman–Crippen LogP) is 4.75. The van der Waals surface area contributed by atoms with Crippen molar-refractivity contribution in [1.82, 2.24) is 4.98 Å². The van der Waals surface area contributed by atoms with Crippen LogP contribution in [0.25, 0.3) is 0 Å². The highest BCUT2D eigenvalue weighted by atomic mass is 35.5. The van der Waals surface area contributed by atoms with E-state index < -0.39 is 15.8 Å². The molecule has 0 saturated carbocycles. The van der Waals surface area contributed by atoms with Crippen molar-refractivity contribution in [3.63, 3.8) is 0 Å². The molecule has 2 heterocycles. The number of carbonyl (C=O) groups excluding carboxylic acids is 1. The van der Waals surface area contributed by atoms with Gasteiger partial charge < -0.3 is 0 Å². The summed E-state index contributed by atoms with van der Waals surface area (Å²) in [5.74, 6) is -0.624. The van der Waals surface area contributed by atoms with Crippen LogP contribution in [0.3, 0.4) is 0 Å². The van der Waals surface area contributed by atoms with E-state index in [9.17, 15) is 17.6 Å². The predicted molar refractivity (Wildman–Crippen MR) is 118 cm³/mol. The van der Waals surface area contributed by atoms with E-state index in [0.29, 0.717) is 35.5 Å². The van der Waals surface area contributed by atoms with Crippen LogP contribution in [-0.2, 0) is 22.9 Å². The summed E-state index contributed by atoms with van der Waals surface area (Å²) in [5.41, 5.74) is 3.28. The number of pyridine rings is 1. The number of anilines is 1. The molecule has 1 aromatic heterocycles. The highest BCUT2D eigenvalue weighted by molar-refractivity contribution is 7.92. The molecule has 0 aliphatic carbocycles. The van der Waals surface area contributed by atoms with Crippen molar-refractivity contribution in [2.75, 3.05) is 10.8 Å².